The summed E-state index contributed by atoms with van der Waals surface area (Å²) in [4.78, 5) is 11.8. The van der Waals surface area contributed by atoms with Gasteiger partial charge in [-0.25, -0.2) is 9.18 Å². The molecule has 104 valence electrons. The molecule has 0 saturated heterocycles. The maximum absolute atomic E-state index is 13.0. The first-order valence-electron chi connectivity index (χ1n) is 5.43. The molecule has 7 heteroatoms. The number of carbonyl (C=O) groups is 1. The molecule has 0 aliphatic heterocycles. The Labute approximate surface area is 138 Å². The van der Waals surface area contributed by atoms with Crippen LogP contribution in [0.5, 0.6) is 0 Å². The number of benzene rings is 2. The largest absolute Gasteiger partial charge is 0.323 e. The molecule has 0 radical (unpaired) electrons. The first-order valence-corrected chi connectivity index (χ1v) is 7.26. The highest BCUT2D eigenvalue weighted by molar-refractivity contribution is 14.1. The van der Waals surface area contributed by atoms with Crippen LogP contribution in [0.4, 0.5) is 20.6 Å². The highest BCUT2D eigenvalue weighted by atomic mass is 127. The van der Waals surface area contributed by atoms with E-state index in [1.54, 1.807) is 18.2 Å². The van der Waals surface area contributed by atoms with Crippen molar-refractivity contribution in [3.8, 4) is 0 Å². The Morgan fingerprint density at radius 2 is 1.70 bits per heavy atom. The minimum absolute atomic E-state index is 0.359. The van der Waals surface area contributed by atoms with Gasteiger partial charge in [0.2, 0.25) is 0 Å². The van der Waals surface area contributed by atoms with Gasteiger partial charge in [0, 0.05) is 19.3 Å². The van der Waals surface area contributed by atoms with Crippen molar-refractivity contribution in [2.75, 3.05) is 10.6 Å². The third-order valence-electron chi connectivity index (χ3n) is 2.30. The van der Waals surface area contributed by atoms with Crippen LogP contribution >= 0.6 is 45.8 Å². The minimum Gasteiger partial charge on any atom is -0.308 e. The van der Waals surface area contributed by atoms with Gasteiger partial charge in [0.25, 0.3) is 0 Å². The van der Waals surface area contributed by atoms with E-state index in [-0.39, 0.29) is 5.82 Å². The highest BCUT2D eigenvalue weighted by Crippen LogP contribution is 2.23. The lowest BCUT2D eigenvalue weighted by atomic mass is 10.3. The van der Waals surface area contributed by atoms with Crippen molar-refractivity contribution in [1.29, 1.82) is 0 Å². The molecule has 20 heavy (non-hydrogen) atoms. The Hall–Kier alpha value is -1.05. The fraction of sp³-hybridized carbons (Fsp3) is 0. The van der Waals surface area contributed by atoms with Crippen molar-refractivity contribution in [3.63, 3.8) is 0 Å². The molecule has 2 amide bonds. The van der Waals surface area contributed by atoms with Gasteiger partial charge in [-0.3, -0.25) is 0 Å². The molecule has 0 aromatic heterocycles. The van der Waals surface area contributed by atoms with Crippen LogP contribution in [0.3, 0.4) is 0 Å². The quantitative estimate of drug-likeness (QED) is 0.624. The van der Waals surface area contributed by atoms with E-state index in [0.29, 0.717) is 25.0 Å². The molecule has 2 aromatic rings. The van der Waals surface area contributed by atoms with Gasteiger partial charge in [-0.1, -0.05) is 23.2 Å². The van der Waals surface area contributed by atoms with Crippen molar-refractivity contribution >= 4 is 63.2 Å². The summed E-state index contributed by atoms with van der Waals surface area (Å²) >= 11 is 13.6. The zero-order valence-corrected chi connectivity index (χ0v) is 13.6. The second-order valence-corrected chi connectivity index (χ2v) is 5.90. The molecule has 0 bridgehead atoms. The SMILES string of the molecule is O=C(Nc1cc(Cl)cc(Cl)c1)Nc1ccc(F)cc1I. The van der Waals surface area contributed by atoms with Crippen molar-refractivity contribution in [2.45, 2.75) is 0 Å². The number of hydrogen-bond donors (Lipinski definition) is 2. The van der Waals surface area contributed by atoms with Gasteiger partial charge < -0.3 is 10.6 Å². The lowest BCUT2D eigenvalue weighted by Gasteiger charge is -2.10. The van der Waals surface area contributed by atoms with Gasteiger partial charge in [-0.05, 0) is 59.0 Å². The van der Waals surface area contributed by atoms with Crippen molar-refractivity contribution < 1.29 is 9.18 Å². The number of urea groups is 1. The van der Waals surface area contributed by atoms with Crippen LogP contribution in [0.15, 0.2) is 36.4 Å². The number of nitrogens with one attached hydrogen (secondary N) is 2. The third-order valence-corrected chi connectivity index (χ3v) is 3.63. The van der Waals surface area contributed by atoms with Crippen LogP contribution in [0.1, 0.15) is 0 Å². The number of anilines is 2. The van der Waals surface area contributed by atoms with E-state index < -0.39 is 6.03 Å². The standard InChI is InChI=1S/C13H8Cl2FIN2O/c14-7-3-8(15)5-10(4-7)18-13(20)19-12-2-1-9(16)6-11(12)17/h1-6H,(H2,18,19,20). The van der Waals surface area contributed by atoms with Crippen molar-refractivity contribution in [1.82, 2.24) is 0 Å². The van der Waals surface area contributed by atoms with Crippen molar-refractivity contribution in [3.05, 3.63) is 55.8 Å². The molecular formula is C13H8Cl2FIN2O. The molecular weight excluding hydrogens is 417 g/mol. The van der Waals surface area contributed by atoms with E-state index in [4.69, 9.17) is 23.2 Å². The molecule has 0 saturated carbocycles. The monoisotopic (exact) mass is 424 g/mol. The van der Waals surface area contributed by atoms with Gasteiger partial charge in [0.15, 0.2) is 0 Å². The summed E-state index contributed by atoms with van der Waals surface area (Å²) in [6, 6.07) is 8.33. The number of halogens is 4. The minimum atomic E-state index is -0.465. The Morgan fingerprint density at radius 1 is 1.05 bits per heavy atom. The molecule has 0 atom stereocenters. The normalized spacial score (nSPS) is 10.2. The molecule has 2 rings (SSSR count). The maximum Gasteiger partial charge on any atom is 0.323 e. The molecule has 0 spiro atoms. The molecule has 2 aromatic carbocycles. The average molecular weight is 425 g/mol. The van der Waals surface area contributed by atoms with E-state index >= 15 is 0 Å². The van der Waals surface area contributed by atoms with Gasteiger partial charge in [-0.15, -0.1) is 0 Å². The average Bonchev–Trinajstić information content (AvgIpc) is 2.31. The summed E-state index contributed by atoms with van der Waals surface area (Å²) in [5, 5.41) is 6.05. The van der Waals surface area contributed by atoms with E-state index in [2.05, 4.69) is 10.6 Å². The Morgan fingerprint density at radius 3 is 2.30 bits per heavy atom. The Balaban J connectivity index is 2.09. The zero-order chi connectivity index (χ0) is 14.7. The number of hydrogen-bond acceptors (Lipinski definition) is 1. The predicted molar refractivity (Wildman–Crippen MR) is 88.2 cm³/mol. The van der Waals surface area contributed by atoms with Gasteiger partial charge in [0.05, 0.1) is 5.69 Å². The second-order valence-electron chi connectivity index (χ2n) is 3.86. The maximum atomic E-state index is 13.0. The van der Waals surface area contributed by atoms with Crippen LogP contribution in [-0.4, -0.2) is 6.03 Å². The first kappa shape index (κ1) is 15.3. The lowest BCUT2D eigenvalue weighted by molar-refractivity contribution is 0.262. The summed E-state index contributed by atoms with van der Waals surface area (Å²) in [5.74, 6) is -0.359. The summed E-state index contributed by atoms with van der Waals surface area (Å²) in [5.41, 5.74) is 0.981. The van der Waals surface area contributed by atoms with Crippen LogP contribution < -0.4 is 10.6 Å². The zero-order valence-electron chi connectivity index (χ0n) is 9.88. The topological polar surface area (TPSA) is 41.1 Å². The summed E-state index contributed by atoms with van der Waals surface area (Å²) in [6.07, 6.45) is 0. The predicted octanol–water partition coefficient (Wildman–Crippen LogP) is 5.38. The molecule has 2 N–H and O–H groups in total. The third kappa shape index (κ3) is 4.22. The van der Waals surface area contributed by atoms with E-state index in [0.717, 1.165) is 0 Å². The van der Waals surface area contributed by atoms with Crippen LogP contribution in [0.2, 0.25) is 10.0 Å². The number of carbonyl (C=O) groups excluding carboxylic acids is 1. The summed E-state index contributed by atoms with van der Waals surface area (Å²) in [7, 11) is 0. The molecule has 0 heterocycles. The van der Waals surface area contributed by atoms with Gasteiger partial charge in [-0.2, -0.15) is 0 Å². The van der Waals surface area contributed by atoms with E-state index in [1.165, 1.54) is 18.2 Å². The Kier molecular flexibility index (Phi) is 5.06. The molecule has 3 nitrogen and oxygen atoms in total. The molecule has 0 aliphatic carbocycles. The summed E-state index contributed by atoms with van der Waals surface area (Å²) < 4.78 is 13.6. The highest BCUT2D eigenvalue weighted by Gasteiger charge is 2.07. The van der Waals surface area contributed by atoms with Gasteiger partial charge in [0.1, 0.15) is 5.82 Å². The fourth-order valence-corrected chi connectivity index (χ4v) is 2.64. The van der Waals surface area contributed by atoms with Crippen LogP contribution in [0, 0.1) is 9.39 Å². The Bertz CT molecular complexity index is 647. The van der Waals surface area contributed by atoms with E-state index in [9.17, 15) is 9.18 Å². The first-order chi connectivity index (χ1) is 9.44. The molecule has 0 fully saturated rings. The number of amides is 2. The van der Waals surface area contributed by atoms with E-state index in [1.807, 2.05) is 22.6 Å². The fourth-order valence-electron chi connectivity index (χ4n) is 1.50. The van der Waals surface area contributed by atoms with Crippen molar-refractivity contribution in [2.24, 2.45) is 0 Å². The second kappa shape index (κ2) is 6.60. The number of rotatable bonds is 2. The van der Waals surface area contributed by atoms with Gasteiger partial charge >= 0.3 is 6.03 Å². The van der Waals surface area contributed by atoms with Crippen LogP contribution in [0.25, 0.3) is 0 Å². The van der Waals surface area contributed by atoms with Crippen LogP contribution in [-0.2, 0) is 0 Å². The smallest absolute Gasteiger partial charge is 0.308 e. The summed E-state index contributed by atoms with van der Waals surface area (Å²) in [6.45, 7) is 0. The molecule has 0 unspecified atom stereocenters. The lowest BCUT2D eigenvalue weighted by Crippen LogP contribution is -2.20. The molecule has 0 aliphatic rings.